The number of para-hydroxylation sites is 2. The average molecular weight is 665 g/mol. The molecule has 0 spiro atoms. The molecule has 0 saturated carbocycles. The van der Waals surface area contributed by atoms with Gasteiger partial charge in [0.25, 0.3) is 0 Å². The van der Waals surface area contributed by atoms with E-state index in [-0.39, 0.29) is 0 Å². The van der Waals surface area contributed by atoms with E-state index in [1.165, 1.54) is 10.8 Å². The van der Waals surface area contributed by atoms with E-state index in [2.05, 4.69) is 144 Å². The molecule has 5 nitrogen and oxygen atoms in total. The van der Waals surface area contributed by atoms with Gasteiger partial charge in [0.1, 0.15) is 11.2 Å². The summed E-state index contributed by atoms with van der Waals surface area (Å²) in [6.07, 6.45) is 0. The number of fused-ring (bicyclic) bond motifs is 10. The molecular weight excluding hydrogens is 637 g/mol. The lowest BCUT2D eigenvalue weighted by atomic mass is 9.98. The second kappa shape index (κ2) is 11.2. The molecule has 3 heterocycles. The maximum absolute atomic E-state index is 6.46. The molecule has 11 aromatic rings. The van der Waals surface area contributed by atoms with Crippen molar-refractivity contribution in [2.75, 3.05) is 0 Å². The van der Waals surface area contributed by atoms with Gasteiger partial charge < -0.3 is 8.98 Å². The van der Waals surface area contributed by atoms with E-state index in [1.807, 2.05) is 30.3 Å². The van der Waals surface area contributed by atoms with Crippen molar-refractivity contribution in [1.82, 2.24) is 19.5 Å². The summed E-state index contributed by atoms with van der Waals surface area (Å²) >= 11 is 0. The van der Waals surface area contributed by atoms with E-state index in [0.29, 0.717) is 17.5 Å². The van der Waals surface area contributed by atoms with Crippen LogP contribution in [0.5, 0.6) is 0 Å². The number of hydrogen-bond acceptors (Lipinski definition) is 4. The van der Waals surface area contributed by atoms with E-state index < -0.39 is 0 Å². The normalized spacial score (nSPS) is 11.8. The van der Waals surface area contributed by atoms with Crippen molar-refractivity contribution in [3.63, 3.8) is 0 Å². The van der Waals surface area contributed by atoms with E-state index in [0.717, 1.165) is 76.9 Å². The molecule has 0 amide bonds. The van der Waals surface area contributed by atoms with Crippen LogP contribution in [0, 0.1) is 0 Å². The summed E-state index contributed by atoms with van der Waals surface area (Å²) in [6, 6.07) is 59.0. The molecule has 8 aromatic carbocycles. The number of hydrogen-bond donors (Lipinski definition) is 0. The Labute approximate surface area is 298 Å². The first-order valence-corrected chi connectivity index (χ1v) is 17.5. The van der Waals surface area contributed by atoms with Gasteiger partial charge in [-0.1, -0.05) is 140 Å². The minimum Gasteiger partial charge on any atom is -0.456 e. The molecule has 3 aromatic heterocycles. The zero-order valence-corrected chi connectivity index (χ0v) is 27.9. The minimum absolute atomic E-state index is 0.594. The Morgan fingerprint density at radius 1 is 0.404 bits per heavy atom. The topological polar surface area (TPSA) is 56.7 Å². The van der Waals surface area contributed by atoms with Gasteiger partial charge in [0.2, 0.25) is 0 Å². The Kier molecular flexibility index (Phi) is 6.18. The Balaban J connectivity index is 1.25. The van der Waals surface area contributed by atoms with Crippen LogP contribution >= 0.6 is 0 Å². The maximum Gasteiger partial charge on any atom is 0.164 e. The van der Waals surface area contributed by atoms with Gasteiger partial charge in [-0.3, -0.25) is 0 Å². The SMILES string of the molecule is c1ccc(-c2nc(-c3cc4oc5ccccc5c4c4ccccc34)nc(-c3cccc4c3c3ccc5ccccc5c3n4-c3ccccc3)n2)cc1. The lowest BCUT2D eigenvalue weighted by molar-refractivity contribution is 0.669. The Bertz CT molecular complexity index is 3180. The molecule has 52 heavy (non-hydrogen) atoms. The highest BCUT2D eigenvalue weighted by molar-refractivity contribution is 6.23. The predicted molar refractivity (Wildman–Crippen MR) is 213 cm³/mol. The molecule has 242 valence electrons. The van der Waals surface area contributed by atoms with E-state index in [4.69, 9.17) is 19.4 Å². The van der Waals surface area contributed by atoms with Crippen molar-refractivity contribution < 1.29 is 4.42 Å². The number of aromatic nitrogens is 4. The van der Waals surface area contributed by atoms with Crippen LogP contribution in [0.3, 0.4) is 0 Å². The molecule has 0 bridgehead atoms. The third-order valence-electron chi connectivity index (χ3n) is 10.2. The van der Waals surface area contributed by atoms with E-state index in [9.17, 15) is 0 Å². The minimum atomic E-state index is 0.594. The lowest BCUT2D eigenvalue weighted by Crippen LogP contribution is -2.01. The number of nitrogens with zero attached hydrogens (tertiary/aromatic N) is 4. The van der Waals surface area contributed by atoms with Crippen molar-refractivity contribution in [1.29, 1.82) is 0 Å². The second-order valence-corrected chi connectivity index (χ2v) is 13.2. The van der Waals surface area contributed by atoms with Crippen LogP contribution in [0.25, 0.3) is 105 Å². The highest BCUT2D eigenvalue weighted by Gasteiger charge is 2.22. The maximum atomic E-state index is 6.46. The molecule has 0 aliphatic rings. The summed E-state index contributed by atoms with van der Waals surface area (Å²) in [5, 5.41) is 8.97. The van der Waals surface area contributed by atoms with Gasteiger partial charge in [0.15, 0.2) is 17.5 Å². The first kappa shape index (κ1) is 28.7. The van der Waals surface area contributed by atoms with Crippen LogP contribution in [-0.4, -0.2) is 19.5 Å². The number of furan rings is 1. The molecule has 0 saturated heterocycles. The Hall–Kier alpha value is -7.11. The zero-order chi connectivity index (χ0) is 34.2. The van der Waals surface area contributed by atoms with Crippen molar-refractivity contribution in [3.05, 3.63) is 170 Å². The molecular formula is C47H28N4O. The third-order valence-corrected chi connectivity index (χ3v) is 10.2. The molecule has 5 heteroatoms. The Morgan fingerprint density at radius 2 is 1.06 bits per heavy atom. The van der Waals surface area contributed by atoms with Gasteiger partial charge in [-0.2, -0.15) is 0 Å². The third kappa shape index (κ3) is 4.26. The molecule has 0 fully saturated rings. The predicted octanol–water partition coefficient (Wildman–Crippen LogP) is 12.2. The lowest BCUT2D eigenvalue weighted by Gasteiger charge is -2.12. The summed E-state index contributed by atoms with van der Waals surface area (Å²) in [6.45, 7) is 0. The van der Waals surface area contributed by atoms with Gasteiger partial charge in [-0.25, -0.2) is 15.0 Å². The van der Waals surface area contributed by atoms with Crippen molar-refractivity contribution in [2.24, 2.45) is 0 Å². The smallest absolute Gasteiger partial charge is 0.164 e. The fourth-order valence-corrected chi connectivity index (χ4v) is 7.97. The summed E-state index contributed by atoms with van der Waals surface area (Å²) in [5.74, 6) is 1.82. The van der Waals surface area contributed by atoms with E-state index >= 15 is 0 Å². The molecule has 0 aliphatic heterocycles. The summed E-state index contributed by atoms with van der Waals surface area (Å²) in [7, 11) is 0. The first-order valence-electron chi connectivity index (χ1n) is 17.5. The van der Waals surface area contributed by atoms with Crippen LogP contribution in [-0.2, 0) is 0 Å². The van der Waals surface area contributed by atoms with Crippen molar-refractivity contribution in [3.8, 4) is 39.9 Å². The fraction of sp³-hybridized carbons (Fsp3) is 0. The van der Waals surface area contributed by atoms with Gasteiger partial charge in [0.05, 0.1) is 11.0 Å². The average Bonchev–Trinajstić information content (AvgIpc) is 3.77. The van der Waals surface area contributed by atoms with Crippen LogP contribution < -0.4 is 0 Å². The Morgan fingerprint density at radius 3 is 1.88 bits per heavy atom. The molecule has 0 atom stereocenters. The van der Waals surface area contributed by atoms with Crippen LogP contribution in [0.15, 0.2) is 174 Å². The highest BCUT2D eigenvalue weighted by atomic mass is 16.3. The highest BCUT2D eigenvalue weighted by Crippen LogP contribution is 2.43. The van der Waals surface area contributed by atoms with Crippen molar-refractivity contribution >= 4 is 65.3 Å². The van der Waals surface area contributed by atoms with Gasteiger partial charge >= 0.3 is 0 Å². The van der Waals surface area contributed by atoms with E-state index in [1.54, 1.807) is 0 Å². The number of rotatable bonds is 4. The van der Waals surface area contributed by atoms with Crippen LogP contribution in [0.1, 0.15) is 0 Å². The summed E-state index contributed by atoms with van der Waals surface area (Å²) in [4.78, 5) is 15.7. The molecule has 0 N–H and O–H groups in total. The van der Waals surface area contributed by atoms with Gasteiger partial charge in [-0.05, 0) is 46.5 Å². The standard InChI is InChI=1S/C47H28N4O/c1-3-15-30(16-4-1)45-48-46(50-47(49-45)38-28-41-43(34-21-10-9-20-33(34)38)35-22-11-12-25-40(35)52-41)37-23-13-24-39-42(37)36-27-26-29-14-7-8-19-32(29)44(36)51(39)31-17-5-2-6-18-31/h1-28H. The summed E-state index contributed by atoms with van der Waals surface area (Å²) < 4.78 is 8.84. The monoisotopic (exact) mass is 664 g/mol. The summed E-state index contributed by atoms with van der Waals surface area (Å²) in [5.41, 5.74) is 7.77. The molecule has 11 rings (SSSR count). The first-order chi connectivity index (χ1) is 25.8. The number of benzene rings is 8. The van der Waals surface area contributed by atoms with Gasteiger partial charge in [-0.15, -0.1) is 0 Å². The molecule has 0 radical (unpaired) electrons. The molecule has 0 aliphatic carbocycles. The quantitative estimate of drug-likeness (QED) is 0.188. The van der Waals surface area contributed by atoms with Crippen molar-refractivity contribution in [2.45, 2.75) is 0 Å². The fourth-order valence-electron chi connectivity index (χ4n) is 7.97. The van der Waals surface area contributed by atoms with Crippen LogP contribution in [0.4, 0.5) is 0 Å². The largest absolute Gasteiger partial charge is 0.456 e. The zero-order valence-electron chi connectivity index (χ0n) is 27.9. The second-order valence-electron chi connectivity index (χ2n) is 13.2. The van der Waals surface area contributed by atoms with Crippen LogP contribution in [0.2, 0.25) is 0 Å². The van der Waals surface area contributed by atoms with Gasteiger partial charge in [0, 0.05) is 49.3 Å². The molecule has 0 unspecified atom stereocenters.